The summed E-state index contributed by atoms with van der Waals surface area (Å²) in [5.41, 5.74) is 0.211. The van der Waals surface area contributed by atoms with Gasteiger partial charge >= 0.3 is 5.69 Å². The zero-order chi connectivity index (χ0) is 16.4. The van der Waals surface area contributed by atoms with Crippen LogP contribution in [0.2, 0.25) is 5.02 Å². The Morgan fingerprint density at radius 1 is 1.55 bits per heavy atom. The summed E-state index contributed by atoms with van der Waals surface area (Å²) in [6, 6.07) is 3.44. The molecule has 1 unspecified atom stereocenters. The minimum absolute atomic E-state index is 0.132. The third-order valence-corrected chi connectivity index (χ3v) is 3.32. The van der Waals surface area contributed by atoms with Crippen LogP contribution in [0.5, 0.6) is 5.75 Å². The number of phenols is 1. The fourth-order valence-electron chi connectivity index (χ4n) is 1.82. The predicted octanol–water partition coefficient (Wildman–Crippen LogP) is 2.66. The molecule has 0 aliphatic rings. The molecule has 1 aromatic carbocycles. The zero-order valence-electron chi connectivity index (χ0n) is 11.8. The minimum atomic E-state index is -0.800. The van der Waals surface area contributed by atoms with Crippen molar-refractivity contribution in [2.75, 3.05) is 5.32 Å². The van der Waals surface area contributed by atoms with Crippen LogP contribution >= 0.6 is 11.6 Å². The molecule has 0 saturated carbocycles. The first-order chi connectivity index (χ1) is 10.3. The Morgan fingerprint density at radius 2 is 2.23 bits per heavy atom. The van der Waals surface area contributed by atoms with E-state index in [0.717, 1.165) is 0 Å². The number of nitro groups is 1. The van der Waals surface area contributed by atoms with Crippen molar-refractivity contribution in [3.8, 4) is 5.75 Å². The van der Waals surface area contributed by atoms with Gasteiger partial charge in [0.05, 0.1) is 10.6 Å². The first-order valence-electron chi connectivity index (χ1n) is 6.29. The van der Waals surface area contributed by atoms with Crippen molar-refractivity contribution in [3.05, 3.63) is 45.2 Å². The molecule has 1 aromatic heterocycles. The molecule has 8 nitrogen and oxygen atoms in total. The molecule has 0 saturated heterocycles. The number of carbonyl (C=O) groups excluding carboxylic acids is 1. The molecule has 0 bridgehead atoms. The topological polar surface area (TPSA) is 110 Å². The number of amides is 1. The molecule has 1 heterocycles. The molecule has 116 valence electrons. The van der Waals surface area contributed by atoms with Crippen molar-refractivity contribution >= 4 is 28.9 Å². The van der Waals surface area contributed by atoms with Crippen LogP contribution in [-0.2, 0) is 4.79 Å². The highest BCUT2D eigenvalue weighted by molar-refractivity contribution is 6.31. The Bertz CT molecular complexity index is 744. The van der Waals surface area contributed by atoms with E-state index in [0.29, 0.717) is 5.02 Å². The fraction of sp³-hybridized carbons (Fsp3) is 0.231. The van der Waals surface area contributed by atoms with Gasteiger partial charge in [-0.3, -0.25) is 19.6 Å². The molecule has 2 N–H and O–H groups in total. The van der Waals surface area contributed by atoms with E-state index in [2.05, 4.69) is 10.4 Å². The maximum absolute atomic E-state index is 12.2. The molecule has 0 aliphatic heterocycles. The largest absolute Gasteiger partial charge is 0.506 e. The molecular formula is C13H13ClN4O4. The van der Waals surface area contributed by atoms with Crippen molar-refractivity contribution in [2.24, 2.45) is 0 Å². The summed E-state index contributed by atoms with van der Waals surface area (Å²) in [6.07, 6.45) is 1.19. The van der Waals surface area contributed by atoms with Crippen LogP contribution in [0.15, 0.2) is 24.4 Å². The number of rotatable bonds is 4. The van der Waals surface area contributed by atoms with Gasteiger partial charge in [0.1, 0.15) is 23.7 Å². The Hall–Kier alpha value is -2.61. The smallest absolute Gasteiger partial charge is 0.309 e. The van der Waals surface area contributed by atoms with Gasteiger partial charge in [-0.05, 0) is 32.0 Å². The number of halogens is 1. The van der Waals surface area contributed by atoms with Gasteiger partial charge in [-0.15, -0.1) is 0 Å². The number of aryl methyl sites for hydroxylation is 1. The van der Waals surface area contributed by atoms with E-state index >= 15 is 0 Å². The molecule has 0 spiro atoms. The van der Waals surface area contributed by atoms with Gasteiger partial charge < -0.3 is 10.4 Å². The molecule has 1 atom stereocenters. The molecule has 0 radical (unpaired) electrons. The number of aromatic hydroxyl groups is 1. The first-order valence-corrected chi connectivity index (χ1v) is 6.67. The van der Waals surface area contributed by atoms with Gasteiger partial charge in [0.25, 0.3) is 0 Å². The predicted molar refractivity (Wildman–Crippen MR) is 80.1 cm³/mol. The van der Waals surface area contributed by atoms with Crippen LogP contribution in [0.4, 0.5) is 11.4 Å². The van der Waals surface area contributed by atoms with Gasteiger partial charge in [0.2, 0.25) is 5.91 Å². The highest BCUT2D eigenvalue weighted by atomic mass is 35.5. The van der Waals surface area contributed by atoms with Crippen molar-refractivity contribution in [2.45, 2.75) is 19.9 Å². The SMILES string of the molecule is Cc1nn(C(C)C(=O)Nc2cc(Cl)ccc2O)cc1[N+](=O)[O-]. The molecule has 0 aliphatic carbocycles. The maximum atomic E-state index is 12.2. The second-order valence-corrected chi connectivity index (χ2v) is 5.10. The van der Waals surface area contributed by atoms with Gasteiger partial charge in [-0.2, -0.15) is 5.10 Å². The number of hydrogen-bond acceptors (Lipinski definition) is 5. The standard InChI is InChI=1S/C13H13ClN4O4/c1-7-11(18(21)22)6-17(16-7)8(2)13(20)15-10-5-9(14)3-4-12(10)19/h3-6,8,19H,1-2H3,(H,15,20). The van der Waals surface area contributed by atoms with Gasteiger partial charge in [0, 0.05) is 5.02 Å². The molecule has 0 fully saturated rings. The van der Waals surface area contributed by atoms with E-state index in [4.69, 9.17) is 11.6 Å². The fourth-order valence-corrected chi connectivity index (χ4v) is 1.99. The lowest BCUT2D eigenvalue weighted by atomic mass is 10.2. The normalized spacial score (nSPS) is 12.0. The Labute approximate surface area is 130 Å². The van der Waals surface area contributed by atoms with Crippen LogP contribution in [0.3, 0.4) is 0 Å². The number of phenolic OH excluding ortho intramolecular Hbond substituents is 1. The molecule has 2 rings (SSSR count). The van der Waals surface area contributed by atoms with Crippen molar-refractivity contribution in [1.82, 2.24) is 9.78 Å². The average Bonchev–Trinajstić information content (AvgIpc) is 2.84. The number of nitrogens with one attached hydrogen (secondary N) is 1. The number of hydrogen-bond donors (Lipinski definition) is 2. The van der Waals surface area contributed by atoms with Gasteiger partial charge in [-0.25, -0.2) is 0 Å². The highest BCUT2D eigenvalue weighted by Gasteiger charge is 2.22. The average molecular weight is 325 g/mol. The summed E-state index contributed by atoms with van der Waals surface area (Å²) in [6.45, 7) is 3.02. The maximum Gasteiger partial charge on any atom is 0.309 e. The second-order valence-electron chi connectivity index (χ2n) is 4.66. The number of benzene rings is 1. The molecule has 1 amide bonds. The van der Waals surface area contributed by atoms with Gasteiger partial charge in [-0.1, -0.05) is 11.6 Å². The second kappa shape index (κ2) is 6.02. The Kier molecular flexibility index (Phi) is 4.32. The van der Waals surface area contributed by atoms with Gasteiger partial charge in [0.15, 0.2) is 0 Å². The summed E-state index contributed by atoms with van der Waals surface area (Å²) in [4.78, 5) is 22.4. The zero-order valence-corrected chi connectivity index (χ0v) is 12.5. The summed E-state index contributed by atoms with van der Waals surface area (Å²) in [5, 5.41) is 27.3. The molecule has 2 aromatic rings. The number of nitrogens with zero attached hydrogens (tertiary/aromatic N) is 3. The van der Waals surface area contributed by atoms with E-state index in [1.54, 1.807) is 0 Å². The van der Waals surface area contributed by atoms with E-state index in [1.807, 2.05) is 0 Å². The van der Waals surface area contributed by atoms with Crippen LogP contribution in [0, 0.1) is 17.0 Å². The monoisotopic (exact) mass is 324 g/mol. The Balaban J connectivity index is 2.20. The van der Waals surface area contributed by atoms with Crippen LogP contribution < -0.4 is 5.32 Å². The number of aromatic nitrogens is 2. The number of anilines is 1. The quantitative estimate of drug-likeness (QED) is 0.510. The molecule has 22 heavy (non-hydrogen) atoms. The van der Waals surface area contributed by atoms with E-state index < -0.39 is 16.9 Å². The van der Waals surface area contributed by atoms with Crippen molar-refractivity contribution < 1.29 is 14.8 Å². The summed E-state index contributed by atoms with van der Waals surface area (Å²) < 4.78 is 1.20. The minimum Gasteiger partial charge on any atom is -0.506 e. The third-order valence-electron chi connectivity index (χ3n) is 3.08. The van der Waals surface area contributed by atoms with E-state index in [1.165, 1.54) is 42.9 Å². The third kappa shape index (κ3) is 3.17. The molecular weight excluding hydrogens is 312 g/mol. The highest BCUT2D eigenvalue weighted by Crippen LogP contribution is 2.27. The Morgan fingerprint density at radius 3 is 2.82 bits per heavy atom. The van der Waals surface area contributed by atoms with Crippen molar-refractivity contribution in [1.29, 1.82) is 0 Å². The lowest BCUT2D eigenvalue weighted by molar-refractivity contribution is -0.385. The van der Waals surface area contributed by atoms with E-state index in [-0.39, 0.29) is 22.8 Å². The van der Waals surface area contributed by atoms with E-state index in [9.17, 15) is 20.0 Å². The number of carbonyl (C=O) groups is 1. The lowest BCUT2D eigenvalue weighted by Crippen LogP contribution is -2.24. The lowest BCUT2D eigenvalue weighted by Gasteiger charge is -2.13. The van der Waals surface area contributed by atoms with Crippen LogP contribution in [0.1, 0.15) is 18.7 Å². The van der Waals surface area contributed by atoms with Crippen molar-refractivity contribution in [3.63, 3.8) is 0 Å². The summed E-state index contributed by atoms with van der Waals surface area (Å²) in [5.74, 6) is -0.623. The summed E-state index contributed by atoms with van der Waals surface area (Å²) in [7, 11) is 0. The van der Waals surface area contributed by atoms with Crippen LogP contribution in [-0.4, -0.2) is 25.7 Å². The first kappa shape index (κ1) is 15.8. The summed E-state index contributed by atoms with van der Waals surface area (Å²) >= 11 is 5.80. The van der Waals surface area contributed by atoms with Crippen LogP contribution in [0.25, 0.3) is 0 Å². The molecule has 9 heteroatoms.